The molecule has 220 valence electrons. The molecule has 0 radical (unpaired) electrons. The predicted octanol–water partition coefficient (Wildman–Crippen LogP) is 6.95. The van der Waals surface area contributed by atoms with Gasteiger partial charge in [0.05, 0.1) is 0 Å². The fraction of sp³-hybridized carbons (Fsp3) is 0.562. The van der Waals surface area contributed by atoms with E-state index in [0.717, 1.165) is 18.2 Å². The van der Waals surface area contributed by atoms with Crippen LogP contribution in [0.4, 0.5) is 83.4 Å². The highest BCUT2D eigenvalue weighted by Crippen LogP contribution is 2.65. The van der Waals surface area contributed by atoms with E-state index < -0.39 is 65.2 Å². The monoisotopic (exact) mass is 605 g/mol. The van der Waals surface area contributed by atoms with Gasteiger partial charge in [-0.25, -0.2) is 5.48 Å². The van der Waals surface area contributed by atoms with Gasteiger partial charge in [0.1, 0.15) is 0 Å². The largest absolute Gasteiger partial charge is 0.460 e. The van der Waals surface area contributed by atoms with Crippen molar-refractivity contribution in [1.29, 1.82) is 0 Å². The van der Waals surface area contributed by atoms with Gasteiger partial charge in [0, 0.05) is 5.56 Å². The Kier molecular flexibility index (Phi) is 8.08. The Balaban J connectivity index is 3.51. The first-order valence-electron chi connectivity index (χ1n) is 8.61. The highest BCUT2D eigenvalue weighted by molar-refractivity contribution is 5.93. The number of rotatable bonds is 10. The van der Waals surface area contributed by atoms with Crippen molar-refractivity contribution < 1.29 is 93.1 Å². The molecule has 0 aliphatic carbocycles. The van der Waals surface area contributed by atoms with E-state index in [-0.39, 0.29) is 5.48 Å². The molecule has 0 aliphatic rings. The van der Waals surface area contributed by atoms with Crippen molar-refractivity contribution in [3.8, 4) is 0 Å². The van der Waals surface area contributed by atoms with E-state index in [1.54, 1.807) is 0 Å². The van der Waals surface area contributed by atoms with Crippen LogP contribution in [0.1, 0.15) is 10.4 Å². The first kappa shape index (κ1) is 33.3. The molecular formula is C16H6F19NO2. The summed E-state index contributed by atoms with van der Waals surface area (Å²) in [5, 5.41) is 0. The lowest BCUT2D eigenvalue weighted by molar-refractivity contribution is -0.483. The van der Waals surface area contributed by atoms with Crippen LogP contribution in [0.3, 0.4) is 0 Å². The first-order valence-corrected chi connectivity index (χ1v) is 8.61. The van der Waals surface area contributed by atoms with Crippen molar-refractivity contribution >= 4 is 5.91 Å². The van der Waals surface area contributed by atoms with Gasteiger partial charge in [-0.3, -0.25) is 4.79 Å². The molecule has 38 heavy (non-hydrogen) atoms. The fourth-order valence-electron chi connectivity index (χ4n) is 2.17. The molecule has 0 aliphatic heterocycles. The fourth-order valence-corrected chi connectivity index (χ4v) is 2.17. The van der Waals surface area contributed by atoms with Crippen LogP contribution in [0.2, 0.25) is 0 Å². The van der Waals surface area contributed by atoms with Gasteiger partial charge in [-0.15, -0.1) is 0 Å². The molecule has 1 rings (SSSR count). The minimum absolute atomic E-state index is 0.272. The molecule has 1 aromatic carbocycles. The maximum Gasteiger partial charge on any atom is 0.460 e. The molecule has 0 saturated heterocycles. The van der Waals surface area contributed by atoms with E-state index in [1.807, 2.05) is 0 Å². The Morgan fingerprint density at radius 2 is 0.816 bits per heavy atom. The second kappa shape index (κ2) is 9.21. The Hall–Kier alpha value is -2.68. The van der Waals surface area contributed by atoms with Crippen molar-refractivity contribution in [2.75, 3.05) is 0 Å². The number of hydroxylamine groups is 1. The number of carbonyl (C=O) groups excluding carboxylic acids is 1. The van der Waals surface area contributed by atoms with E-state index in [0.29, 0.717) is 12.1 Å². The average Bonchev–Trinajstić information content (AvgIpc) is 2.76. The maximum atomic E-state index is 13.6. The summed E-state index contributed by atoms with van der Waals surface area (Å²) in [6.45, 7) is 0. The minimum atomic E-state index is -9.03. The smallest absolute Gasteiger partial charge is 0.267 e. The second-order valence-corrected chi connectivity index (χ2v) is 6.93. The molecule has 0 fully saturated rings. The Morgan fingerprint density at radius 1 is 0.500 bits per heavy atom. The zero-order valence-electron chi connectivity index (χ0n) is 16.9. The summed E-state index contributed by atoms with van der Waals surface area (Å²) < 4.78 is 250. The molecule has 0 atom stereocenters. The molecule has 3 nitrogen and oxygen atoms in total. The highest BCUT2D eigenvalue weighted by Gasteiger charge is 2.97. The highest BCUT2D eigenvalue weighted by atomic mass is 19.4. The van der Waals surface area contributed by atoms with E-state index in [2.05, 4.69) is 4.84 Å². The standard InChI is InChI=1S/C16H6F19NO2/c17-8(18,9(19,20)11(23,24)13(27,28)15(31,32)33)10(21,22)12(25,26)14(29,30)16(34,35)38-36-7(37)6-4-2-1-3-5-6/h1-5H,(H,36,37). The third-order valence-electron chi connectivity index (χ3n) is 4.40. The Bertz CT molecular complexity index is 1000. The van der Waals surface area contributed by atoms with Gasteiger partial charge in [0.25, 0.3) is 5.91 Å². The van der Waals surface area contributed by atoms with Crippen LogP contribution in [0.25, 0.3) is 0 Å². The van der Waals surface area contributed by atoms with Crippen LogP contribution >= 0.6 is 0 Å². The molecule has 0 aromatic heterocycles. The van der Waals surface area contributed by atoms with E-state index in [4.69, 9.17) is 0 Å². The summed E-state index contributed by atoms with van der Waals surface area (Å²) in [7, 11) is 0. The first-order chi connectivity index (χ1) is 16.5. The normalized spacial score (nSPS) is 15.4. The van der Waals surface area contributed by atoms with Crippen LogP contribution in [-0.4, -0.2) is 59.6 Å². The number of halogens is 19. The Morgan fingerprint density at radius 3 is 1.16 bits per heavy atom. The number of carbonyl (C=O) groups is 1. The number of alkyl halides is 19. The summed E-state index contributed by atoms with van der Waals surface area (Å²) in [5.41, 5.74) is -0.518. The molecule has 0 spiro atoms. The molecule has 1 N–H and O–H groups in total. The number of benzene rings is 1. The third-order valence-corrected chi connectivity index (χ3v) is 4.40. The number of hydrogen-bond donors (Lipinski definition) is 1. The average molecular weight is 605 g/mol. The lowest BCUT2D eigenvalue weighted by atomic mass is 9.88. The van der Waals surface area contributed by atoms with Crippen molar-refractivity contribution in [2.24, 2.45) is 0 Å². The van der Waals surface area contributed by atoms with Gasteiger partial charge in [0.15, 0.2) is 0 Å². The quantitative estimate of drug-likeness (QED) is 0.232. The van der Waals surface area contributed by atoms with Gasteiger partial charge in [-0.2, -0.15) is 88.3 Å². The number of hydrogen-bond acceptors (Lipinski definition) is 2. The Labute approximate surface area is 195 Å². The molecule has 1 aromatic rings. The van der Waals surface area contributed by atoms with Crippen LogP contribution in [0, 0.1) is 0 Å². The van der Waals surface area contributed by atoms with Crippen molar-refractivity contribution in [1.82, 2.24) is 5.48 Å². The molecule has 0 heterocycles. The van der Waals surface area contributed by atoms with Gasteiger partial charge < -0.3 is 0 Å². The predicted molar refractivity (Wildman–Crippen MR) is 80.6 cm³/mol. The van der Waals surface area contributed by atoms with E-state index >= 15 is 0 Å². The third kappa shape index (κ3) is 4.56. The molecule has 0 bridgehead atoms. The van der Waals surface area contributed by atoms with Crippen molar-refractivity contribution in [3.05, 3.63) is 35.9 Å². The van der Waals surface area contributed by atoms with Gasteiger partial charge in [-0.1, -0.05) is 18.2 Å². The van der Waals surface area contributed by atoms with Gasteiger partial charge in [0.2, 0.25) is 0 Å². The summed E-state index contributed by atoms with van der Waals surface area (Å²) in [4.78, 5) is 13.9. The van der Waals surface area contributed by atoms with Gasteiger partial charge >= 0.3 is 53.7 Å². The van der Waals surface area contributed by atoms with Crippen LogP contribution in [0.15, 0.2) is 30.3 Å². The van der Waals surface area contributed by atoms with Crippen molar-refractivity contribution in [3.63, 3.8) is 0 Å². The molecule has 0 saturated carbocycles. The molecule has 0 unspecified atom stereocenters. The SMILES string of the molecule is O=C(NOC(F)(F)C(F)(F)C(F)(F)C(F)(F)C(F)(F)C(F)(F)C(F)(F)C(F)(F)C(F)(F)F)c1ccccc1. The van der Waals surface area contributed by atoms with Crippen LogP contribution < -0.4 is 5.48 Å². The zero-order chi connectivity index (χ0) is 30.6. The lowest BCUT2D eigenvalue weighted by Gasteiger charge is -2.43. The van der Waals surface area contributed by atoms with Gasteiger partial charge in [-0.05, 0) is 12.1 Å². The summed E-state index contributed by atoms with van der Waals surface area (Å²) in [6.07, 6.45) is -15.2. The summed E-state index contributed by atoms with van der Waals surface area (Å²) in [5.74, 6) is -63.0. The minimum Gasteiger partial charge on any atom is -0.267 e. The summed E-state index contributed by atoms with van der Waals surface area (Å²) >= 11 is 0. The second-order valence-electron chi connectivity index (χ2n) is 6.93. The molecule has 1 amide bonds. The number of amides is 1. The van der Waals surface area contributed by atoms with E-state index in [1.165, 1.54) is 0 Å². The zero-order valence-corrected chi connectivity index (χ0v) is 16.9. The number of nitrogens with one attached hydrogen (secondary N) is 1. The van der Waals surface area contributed by atoms with Crippen molar-refractivity contribution in [2.45, 2.75) is 53.7 Å². The van der Waals surface area contributed by atoms with Crippen LogP contribution in [-0.2, 0) is 4.84 Å². The maximum absolute atomic E-state index is 13.6. The van der Waals surface area contributed by atoms with E-state index in [9.17, 15) is 88.2 Å². The topological polar surface area (TPSA) is 38.3 Å². The molecular weight excluding hydrogens is 599 g/mol. The summed E-state index contributed by atoms with van der Waals surface area (Å²) in [6, 6.07) is 4.51. The molecule has 22 heteroatoms. The lowest BCUT2D eigenvalue weighted by Crippen LogP contribution is -2.76. The van der Waals surface area contributed by atoms with Crippen LogP contribution in [0.5, 0.6) is 0 Å².